The van der Waals surface area contributed by atoms with Crippen molar-refractivity contribution in [2.45, 2.75) is 12.8 Å². The van der Waals surface area contributed by atoms with Gasteiger partial charge in [-0.05, 0) is 18.9 Å². The molecule has 1 aromatic rings. The third kappa shape index (κ3) is 4.28. The number of aromatic nitrogens is 1. The Kier molecular flexibility index (Phi) is 5.76. The van der Waals surface area contributed by atoms with Gasteiger partial charge >= 0.3 is 5.97 Å². The number of ether oxygens (including phenoxy) is 1. The van der Waals surface area contributed by atoms with Crippen molar-refractivity contribution in [1.29, 1.82) is 0 Å². The van der Waals surface area contributed by atoms with E-state index in [0.717, 1.165) is 4.90 Å². The molecule has 0 radical (unpaired) electrons. The number of pyridine rings is 1. The molecule has 8 nitrogen and oxygen atoms in total. The largest absolute Gasteiger partial charge is 0.454 e. The first-order chi connectivity index (χ1) is 12.9. The molecule has 2 atom stereocenters. The number of halogens is 2. The van der Waals surface area contributed by atoms with Crippen LogP contribution in [0.5, 0.6) is 0 Å². The number of amides is 3. The lowest BCUT2D eigenvalue weighted by molar-refractivity contribution is -0.154. The molecule has 0 unspecified atom stereocenters. The molecular weight excluding hydrogens is 397 g/mol. The van der Waals surface area contributed by atoms with Crippen LogP contribution in [0.2, 0.25) is 10.0 Å². The molecule has 0 spiro atoms. The maximum atomic E-state index is 12.3. The molecule has 142 valence electrons. The van der Waals surface area contributed by atoms with Crippen LogP contribution in [-0.4, -0.2) is 46.7 Å². The Labute approximate surface area is 164 Å². The maximum absolute atomic E-state index is 12.3. The fourth-order valence-corrected chi connectivity index (χ4v) is 3.45. The standard InChI is InChI=1S/C17H15Cl2N3O5/c18-9-5-12(19)15(20-6-9)21-13(23)8-27-14(24)7-22-16(25)10-3-1-2-4-11(10)17(22)26/h1-2,5-6,10-11H,3-4,7-8H2,(H,20,21,23)/t10-,11-/m0/s1. The normalized spacial score (nSPS) is 21.2. The maximum Gasteiger partial charge on any atom is 0.326 e. The molecule has 10 heteroatoms. The molecule has 27 heavy (non-hydrogen) atoms. The van der Waals surface area contributed by atoms with Gasteiger partial charge in [-0.1, -0.05) is 35.4 Å². The van der Waals surface area contributed by atoms with Crippen LogP contribution in [0.25, 0.3) is 0 Å². The van der Waals surface area contributed by atoms with Gasteiger partial charge in [-0.2, -0.15) is 0 Å². The molecule has 2 heterocycles. The molecule has 1 saturated heterocycles. The number of imide groups is 1. The summed E-state index contributed by atoms with van der Waals surface area (Å²) in [7, 11) is 0. The van der Waals surface area contributed by atoms with E-state index in [1.54, 1.807) is 0 Å². The van der Waals surface area contributed by atoms with Crippen LogP contribution in [0.4, 0.5) is 5.82 Å². The van der Waals surface area contributed by atoms with Crippen LogP contribution >= 0.6 is 23.2 Å². The zero-order valence-corrected chi connectivity index (χ0v) is 15.5. The number of carbonyl (C=O) groups is 4. The molecule has 1 aliphatic heterocycles. The SMILES string of the molecule is O=C(COC(=O)CN1C(=O)[C@H]2CC=CC[C@@H]2C1=O)Nc1ncc(Cl)cc1Cl. The Hall–Kier alpha value is -2.45. The lowest BCUT2D eigenvalue weighted by Crippen LogP contribution is -2.37. The third-order valence-corrected chi connectivity index (χ3v) is 4.81. The van der Waals surface area contributed by atoms with E-state index in [1.807, 2.05) is 12.2 Å². The molecule has 0 saturated carbocycles. The van der Waals surface area contributed by atoms with Crippen molar-refractivity contribution in [3.63, 3.8) is 0 Å². The summed E-state index contributed by atoms with van der Waals surface area (Å²) in [6.45, 7) is -1.12. The first-order valence-electron chi connectivity index (χ1n) is 8.13. The van der Waals surface area contributed by atoms with E-state index in [9.17, 15) is 19.2 Å². The van der Waals surface area contributed by atoms with E-state index in [-0.39, 0.29) is 22.7 Å². The number of esters is 1. The van der Waals surface area contributed by atoms with Gasteiger partial charge in [-0.15, -0.1) is 0 Å². The molecule has 3 rings (SSSR count). The number of allylic oxidation sites excluding steroid dienone is 2. The number of rotatable bonds is 5. The number of hydrogen-bond donors (Lipinski definition) is 1. The van der Waals surface area contributed by atoms with Gasteiger partial charge < -0.3 is 10.1 Å². The first-order valence-corrected chi connectivity index (χ1v) is 8.89. The van der Waals surface area contributed by atoms with Crippen LogP contribution in [0.15, 0.2) is 24.4 Å². The Balaban J connectivity index is 1.50. The molecule has 0 aromatic carbocycles. The van der Waals surface area contributed by atoms with E-state index in [0.29, 0.717) is 17.9 Å². The number of anilines is 1. The smallest absolute Gasteiger partial charge is 0.326 e. The highest BCUT2D eigenvalue weighted by Crippen LogP contribution is 2.34. The predicted octanol–water partition coefficient (Wildman–Crippen LogP) is 1.82. The summed E-state index contributed by atoms with van der Waals surface area (Å²) in [4.78, 5) is 53.1. The Morgan fingerprint density at radius 3 is 2.41 bits per heavy atom. The van der Waals surface area contributed by atoms with Gasteiger partial charge in [0.1, 0.15) is 6.54 Å². The summed E-state index contributed by atoms with van der Waals surface area (Å²) in [5, 5.41) is 2.81. The van der Waals surface area contributed by atoms with Crippen molar-refractivity contribution in [3.8, 4) is 0 Å². The average Bonchev–Trinajstić information content (AvgIpc) is 2.88. The second-order valence-electron chi connectivity index (χ2n) is 6.11. The second-order valence-corrected chi connectivity index (χ2v) is 6.95. The Bertz CT molecular complexity index is 816. The molecule has 0 bridgehead atoms. The van der Waals surface area contributed by atoms with Crippen molar-refractivity contribution >= 4 is 52.7 Å². The molecule has 2 aliphatic rings. The Morgan fingerprint density at radius 1 is 1.19 bits per heavy atom. The Morgan fingerprint density at radius 2 is 1.81 bits per heavy atom. The minimum absolute atomic E-state index is 0.0728. The topological polar surface area (TPSA) is 106 Å². The number of nitrogens with one attached hydrogen (secondary N) is 1. The summed E-state index contributed by atoms with van der Waals surface area (Å²) in [6, 6.07) is 1.40. The summed E-state index contributed by atoms with van der Waals surface area (Å²) < 4.78 is 4.84. The molecule has 1 N–H and O–H groups in total. The monoisotopic (exact) mass is 411 g/mol. The number of nitrogens with zero attached hydrogens (tertiary/aromatic N) is 2. The van der Waals surface area contributed by atoms with Crippen LogP contribution in [-0.2, 0) is 23.9 Å². The van der Waals surface area contributed by atoms with Crippen LogP contribution < -0.4 is 5.32 Å². The number of fused-ring (bicyclic) bond motifs is 1. The number of likely N-dealkylation sites (tertiary alicyclic amines) is 1. The summed E-state index contributed by atoms with van der Waals surface area (Å²) in [5.41, 5.74) is 0. The summed E-state index contributed by atoms with van der Waals surface area (Å²) in [6.07, 6.45) is 5.98. The molecular formula is C17H15Cl2N3O5. The van der Waals surface area contributed by atoms with Crippen molar-refractivity contribution < 1.29 is 23.9 Å². The highest BCUT2D eigenvalue weighted by molar-refractivity contribution is 6.36. The molecule has 1 fully saturated rings. The van der Waals surface area contributed by atoms with Gasteiger partial charge in [-0.25, -0.2) is 4.98 Å². The summed E-state index contributed by atoms with van der Waals surface area (Å²) in [5.74, 6) is -3.05. The van der Waals surface area contributed by atoms with Gasteiger partial charge in [0, 0.05) is 6.20 Å². The zero-order chi connectivity index (χ0) is 19.6. The first kappa shape index (κ1) is 19.3. The fraction of sp³-hybridized carbons (Fsp3) is 0.353. The van der Waals surface area contributed by atoms with Crippen LogP contribution in [0.3, 0.4) is 0 Å². The highest BCUT2D eigenvalue weighted by atomic mass is 35.5. The zero-order valence-electron chi connectivity index (χ0n) is 14.0. The van der Waals surface area contributed by atoms with E-state index in [4.69, 9.17) is 27.9 Å². The minimum Gasteiger partial charge on any atom is -0.454 e. The predicted molar refractivity (Wildman–Crippen MR) is 95.9 cm³/mol. The number of hydrogen-bond acceptors (Lipinski definition) is 6. The van der Waals surface area contributed by atoms with Crippen molar-refractivity contribution in [2.24, 2.45) is 11.8 Å². The fourth-order valence-electron chi connectivity index (χ4n) is 3.02. The molecule has 3 amide bonds. The lowest BCUT2D eigenvalue weighted by atomic mass is 9.85. The molecule has 1 aromatic heterocycles. The number of carbonyl (C=O) groups excluding carboxylic acids is 4. The van der Waals surface area contributed by atoms with E-state index >= 15 is 0 Å². The van der Waals surface area contributed by atoms with Crippen molar-refractivity contribution in [3.05, 3.63) is 34.5 Å². The van der Waals surface area contributed by atoms with Gasteiger partial charge in [0.25, 0.3) is 5.91 Å². The van der Waals surface area contributed by atoms with E-state index in [2.05, 4.69) is 10.3 Å². The quantitative estimate of drug-likeness (QED) is 0.449. The third-order valence-electron chi connectivity index (χ3n) is 4.32. The summed E-state index contributed by atoms with van der Waals surface area (Å²) >= 11 is 11.6. The van der Waals surface area contributed by atoms with Crippen LogP contribution in [0.1, 0.15) is 12.8 Å². The highest BCUT2D eigenvalue weighted by Gasteiger charge is 2.47. The molecule has 1 aliphatic carbocycles. The van der Waals surface area contributed by atoms with Gasteiger partial charge in [-0.3, -0.25) is 24.1 Å². The van der Waals surface area contributed by atoms with E-state index in [1.165, 1.54) is 12.3 Å². The van der Waals surface area contributed by atoms with Gasteiger partial charge in [0.15, 0.2) is 12.4 Å². The van der Waals surface area contributed by atoms with Crippen LogP contribution in [0, 0.1) is 11.8 Å². The van der Waals surface area contributed by atoms with Gasteiger partial charge in [0.05, 0.1) is 21.9 Å². The van der Waals surface area contributed by atoms with Crippen molar-refractivity contribution in [2.75, 3.05) is 18.5 Å². The average molecular weight is 412 g/mol. The van der Waals surface area contributed by atoms with Gasteiger partial charge in [0.2, 0.25) is 11.8 Å². The van der Waals surface area contributed by atoms with Crippen molar-refractivity contribution in [1.82, 2.24) is 9.88 Å². The lowest BCUT2D eigenvalue weighted by Gasteiger charge is -2.14. The second kappa shape index (κ2) is 8.06. The minimum atomic E-state index is -0.853. The van der Waals surface area contributed by atoms with E-state index < -0.39 is 36.9 Å².